The van der Waals surface area contributed by atoms with Crippen molar-refractivity contribution in [2.24, 2.45) is 0 Å². The van der Waals surface area contributed by atoms with Crippen molar-refractivity contribution in [2.75, 3.05) is 26.3 Å². The highest BCUT2D eigenvalue weighted by Gasteiger charge is 2.34. The van der Waals surface area contributed by atoms with Crippen LogP contribution >= 0.6 is 0 Å². The summed E-state index contributed by atoms with van der Waals surface area (Å²) >= 11 is 0. The van der Waals surface area contributed by atoms with E-state index in [9.17, 15) is 5.11 Å². The Labute approximate surface area is 209 Å². The number of hydrogen-bond donors (Lipinski definition) is 2. The molecule has 0 aliphatic carbocycles. The van der Waals surface area contributed by atoms with Gasteiger partial charge in [-0.1, -0.05) is 73.7 Å². The van der Waals surface area contributed by atoms with E-state index in [1.807, 2.05) is 42.5 Å². The largest absolute Gasteiger partial charge is 0.494 e. The average Bonchev–Trinajstić information content (AvgIpc) is 2.91. The van der Waals surface area contributed by atoms with Gasteiger partial charge in [-0.15, -0.1) is 0 Å². The molecule has 0 radical (unpaired) electrons. The van der Waals surface area contributed by atoms with E-state index in [0.717, 1.165) is 36.3 Å². The van der Waals surface area contributed by atoms with E-state index in [0.29, 0.717) is 33.0 Å². The molecule has 3 aromatic rings. The number of rotatable bonds is 12. The average molecular weight is 476 g/mol. The molecule has 35 heavy (non-hydrogen) atoms. The topological polar surface area (TPSA) is 60.0 Å². The molecule has 5 nitrogen and oxygen atoms in total. The molecule has 1 aliphatic rings. The second-order valence-corrected chi connectivity index (χ2v) is 9.08. The minimum absolute atomic E-state index is 0.0772. The third-order valence-corrected chi connectivity index (χ3v) is 6.49. The Morgan fingerprint density at radius 1 is 0.800 bits per heavy atom. The van der Waals surface area contributed by atoms with Gasteiger partial charge in [-0.3, -0.25) is 0 Å². The summed E-state index contributed by atoms with van der Waals surface area (Å²) in [7, 11) is 0. The molecule has 0 bridgehead atoms. The van der Waals surface area contributed by atoms with Crippen LogP contribution in [-0.2, 0) is 29.1 Å². The quantitative estimate of drug-likeness (QED) is 0.366. The van der Waals surface area contributed by atoms with Crippen LogP contribution in [0.25, 0.3) is 0 Å². The molecule has 3 unspecified atom stereocenters. The van der Waals surface area contributed by atoms with Crippen molar-refractivity contribution >= 4 is 0 Å². The van der Waals surface area contributed by atoms with Crippen LogP contribution in [0, 0.1) is 0 Å². The number of β-amino-alcohol motifs (C(OH)–C–C–N with tert-alkyl or cyclic N) is 1. The zero-order chi connectivity index (χ0) is 24.3. The van der Waals surface area contributed by atoms with Gasteiger partial charge in [0.1, 0.15) is 5.75 Å². The lowest BCUT2D eigenvalue weighted by molar-refractivity contribution is -0.0328. The highest BCUT2D eigenvalue weighted by atomic mass is 16.5. The summed E-state index contributed by atoms with van der Waals surface area (Å²) in [6.07, 6.45) is 1.27. The van der Waals surface area contributed by atoms with E-state index in [1.165, 1.54) is 11.1 Å². The van der Waals surface area contributed by atoms with E-state index < -0.39 is 6.10 Å². The third-order valence-electron chi connectivity index (χ3n) is 6.49. The van der Waals surface area contributed by atoms with Gasteiger partial charge in [0, 0.05) is 25.4 Å². The molecule has 4 rings (SSSR count). The maximum atomic E-state index is 10.7. The summed E-state index contributed by atoms with van der Waals surface area (Å²) in [4.78, 5) is 0. The fraction of sp³-hybridized carbons (Fsp3) is 0.400. The predicted molar refractivity (Wildman–Crippen MR) is 139 cm³/mol. The fourth-order valence-corrected chi connectivity index (χ4v) is 4.45. The number of hydrogen-bond acceptors (Lipinski definition) is 5. The molecule has 1 heterocycles. The first-order valence-electron chi connectivity index (χ1n) is 12.7. The summed E-state index contributed by atoms with van der Waals surface area (Å²) < 4.78 is 17.9. The molecule has 1 saturated heterocycles. The minimum Gasteiger partial charge on any atom is -0.494 e. The first-order chi connectivity index (χ1) is 17.2. The van der Waals surface area contributed by atoms with E-state index in [2.05, 4.69) is 48.6 Å². The van der Waals surface area contributed by atoms with Crippen LogP contribution in [0.1, 0.15) is 41.5 Å². The van der Waals surface area contributed by atoms with Crippen LogP contribution in [0.2, 0.25) is 0 Å². The Morgan fingerprint density at radius 2 is 1.51 bits per heavy atom. The van der Waals surface area contributed by atoms with Crippen LogP contribution in [0.5, 0.6) is 5.75 Å². The van der Waals surface area contributed by atoms with Crippen molar-refractivity contribution in [1.82, 2.24) is 5.32 Å². The summed E-state index contributed by atoms with van der Waals surface area (Å²) in [5, 5.41) is 14.0. The Bertz CT molecular complexity index is 991. The van der Waals surface area contributed by atoms with Gasteiger partial charge < -0.3 is 24.6 Å². The molecule has 186 valence electrons. The molecule has 1 fully saturated rings. The van der Waals surface area contributed by atoms with Crippen LogP contribution < -0.4 is 10.1 Å². The van der Waals surface area contributed by atoms with Gasteiger partial charge in [-0.25, -0.2) is 0 Å². The molecule has 5 heteroatoms. The van der Waals surface area contributed by atoms with E-state index in [4.69, 9.17) is 14.2 Å². The lowest BCUT2D eigenvalue weighted by Crippen LogP contribution is -2.49. The van der Waals surface area contributed by atoms with Crippen molar-refractivity contribution in [1.29, 1.82) is 0 Å². The number of ether oxygens (including phenoxy) is 3. The molecule has 0 saturated carbocycles. The SMILES string of the molecule is CCc1ccc(COC2CNCC(O)C2c2ccc(OCCCOCc3ccccc3)cc2)cc1. The number of aryl methyl sites for hydroxylation is 1. The van der Waals surface area contributed by atoms with Crippen molar-refractivity contribution in [2.45, 2.75) is 51.1 Å². The Morgan fingerprint density at radius 3 is 2.26 bits per heavy atom. The fourth-order valence-electron chi connectivity index (χ4n) is 4.45. The molecule has 3 aromatic carbocycles. The second kappa shape index (κ2) is 13.4. The van der Waals surface area contributed by atoms with Gasteiger partial charge in [0.2, 0.25) is 0 Å². The maximum absolute atomic E-state index is 10.7. The Kier molecular flexibility index (Phi) is 9.73. The third kappa shape index (κ3) is 7.64. The smallest absolute Gasteiger partial charge is 0.119 e. The minimum atomic E-state index is -0.496. The first-order valence-corrected chi connectivity index (χ1v) is 12.7. The van der Waals surface area contributed by atoms with Crippen molar-refractivity contribution < 1.29 is 19.3 Å². The highest BCUT2D eigenvalue weighted by Crippen LogP contribution is 2.30. The van der Waals surface area contributed by atoms with Gasteiger partial charge >= 0.3 is 0 Å². The summed E-state index contributed by atoms with van der Waals surface area (Å²) in [6.45, 7) is 5.87. The normalized spacial score (nSPS) is 20.0. The van der Waals surface area contributed by atoms with Gasteiger partial charge in [0.15, 0.2) is 0 Å². The number of aliphatic hydroxyl groups excluding tert-OH is 1. The number of nitrogens with one attached hydrogen (secondary N) is 1. The van der Waals surface area contributed by atoms with Crippen LogP contribution in [0.15, 0.2) is 78.9 Å². The molecule has 0 spiro atoms. The highest BCUT2D eigenvalue weighted by molar-refractivity contribution is 5.31. The molecule has 0 aromatic heterocycles. The van der Waals surface area contributed by atoms with Crippen LogP contribution in [-0.4, -0.2) is 43.6 Å². The lowest BCUT2D eigenvalue weighted by atomic mass is 9.85. The molecule has 2 N–H and O–H groups in total. The monoisotopic (exact) mass is 475 g/mol. The first kappa shape index (κ1) is 25.4. The summed E-state index contributed by atoms with van der Waals surface area (Å²) in [6, 6.07) is 26.8. The van der Waals surface area contributed by atoms with E-state index >= 15 is 0 Å². The molecule has 1 aliphatic heterocycles. The zero-order valence-corrected chi connectivity index (χ0v) is 20.6. The lowest BCUT2D eigenvalue weighted by Gasteiger charge is -2.36. The zero-order valence-electron chi connectivity index (χ0n) is 20.6. The number of benzene rings is 3. The second-order valence-electron chi connectivity index (χ2n) is 9.08. The molecule has 0 amide bonds. The summed E-state index contributed by atoms with van der Waals surface area (Å²) in [5.41, 5.74) is 4.73. The standard InChI is InChI=1S/C30H37NO4/c1-2-23-9-11-25(12-10-23)22-35-29-20-31-19-28(32)30(29)26-13-15-27(16-14-26)34-18-6-17-33-21-24-7-4-3-5-8-24/h3-5,7-16,28-32H,2,6,17-22H2,1H3. The van der Waals surface area contributed by atoms with Crippen LogP contribution in [0.3, 0.4) is 0 Å². The Hall–Kier alpha value is -2.70. The van der Waals surface area contributed by atoms with Crippen molar-refractivity contribution in [3.63, 3.8) is 0 Å². The Balaban J connectivity index is 1.24. The van der Waals surface area contributed by atoms with Gasteiger partial charge in [0.25, 0.3) is 0 Å². The van der Waals surface area contributed by atoms with Crippen LogP contribution in [0.4, 0.5) is 0 Å². The van der Waals surface area contributed by atoms with E-state index in [-0.39, 0.29) is 12.0 Å². The van der Waals surface area contributed by atoms with Gasteiger partial charge in [0.05, 0.1) is 38.6 Å². The molecular weight excluding hydrogens is 438 g/mol. The predicted octanol–water partition coefficient (Wildman–Crippen LogP) is 4.87. The number of piperidine rings is 1. The van der Waals surface area contributed by atoms with Gasteiger partial charge in [-0.2, -0.15) is 0 Å². The molecule has 3 atom stereocenters. The summed E-state index contributed by atoms with van der Waals surface area (Å²) in [5.74, 6) is 0.750. The maximum Gasteiger partial charge on any atom is 0.119 e. The van der Waals surface area contributed by atoms with E-state index in [1.54, 1.807) is 0 Å². The number of aliphatic hydroxyl groups is 1. The molecular formula is C30H37NO4. The van der Waals surface area contributed by atoms with Crippen molar-refractivity contribution in [3.8, 4) is 5.75 Å². The van der Waals surface area contributed by atoms with Gasteiger partial charge in [-0.05, 0) is 40.8 Å². The van der Waals surface area contributed by atoms with Crippen molar-refractivity contribution in [3.05, 3.63) is 101 Å².